The third kappa shape index (κ3) is 4.66. The molecule has 1 amide bonds. The number of carbonyl (C=O) groups excluding carboxylic acids is 1. The number of hydrogen-bond acceptors (Lipinski definition) is 3. The minimum Gasteiger partial charge on any atom is -0.323 e. The molecule has 1 saturated heterocycles. The van der Waals surface area contributed by atoms with Gasteiger partial charge in [0.1, 0.15) is 10.7 Å². The summed E-state index contributed by atoms with van der Waals surface area (Å²) in [5, 5.41) is 2.98. The first-order valence-corrected chi connectivity index (χ1v) is 11.1. The molecule has 0 aliphatic carbocycles. The van der Waals surface area contributed by atoms with Crippen LogP contribution in [0.15, 0.2) is 47.4 Å². The molecule has 0 radical (unpaired) electrons. The van der Waals surface area contributed by atoms with Crippen molar-refractivity contribution in [1.82, 2.24) is 4.31 Å². The molecule has 8 heteroatoms. The summed E-state index contributed by atoms with van der Waals surface area (Å²) in [4.78, 5) is 13.4. The van der Waals surface area contributed by atoms with E-state index in [0.717, 1.165) is 27.8 Å². The van der Waals surface area contributed by atoms with Crippen LogP contribution in [-0.4, -0.2) is 50.9 Å². The van der Waals surface area contributed by atoms with Crippen LogP contribution >= 0.6 is 0 Å². The molecule has 1 aliphatic heterocycles. The monoisotopic (exact) mass is 420 g/mol. The molecular formula is C21H27FN3O3S+. The van der Waals surface area contributed by atoms with Gasteiger partial charge in [-0.2, -0.15) is 4.31 Å². The second-order valence-corrected chi connectivity index (χ2v) is 9.43. The van der Waals surface area contributed by atoms with E-state index in [1.165, 1.54) is 22.5 Å². The first-order valence-electron chi connectivity index (χ1n) is 9.67. The van der Waals surface area contributed by atoms with Gasteiger partial charge in [-0.05, 0) is 50.1 Å². The highest BCUT2D eigenvalue weighted by molar-refractivity contribution is 7.89. The fraction of sp³-hybridized carbons (Fsp3) is 0.381. The summed E-state index contributed by atoms with van der Waals surface area (Å²) in [5.74, 6) is -0.845. The number of carbonyl (C=O) groups is 1. The number of aryl methyl sites for hydroxylation is 2. The van der Waals surface area contributed by atoms with Crippen LogP contribution in [0.5, 0.6) is 0 Å². The van der Waals surface area contributed by atoms with Gasteiger partial charge in [0.05, 0.1) is 26.2 Å². The van der Waals surface area contributed by atoms with Gasteiger partial charge in [-0.1, -0.05) is 24.3 Å². The maximum absolute atomic E-state index is 14.0. The normalized spacial score (nSPS) is 17.1. The quantitative estimate of drug-likeness (QED) is 0.767. The van der Waals surface area contributed by atoms with Crippen molar-refractivity contribution >= 4 is 21.6 Å². The third-order valence-electron chi connectivity index (χ3n) is 5.48. The van der Waals surface area contributed by atoms with E-state index in [-0.39, 0.29) is 29.9 Å². The zero-order valence-electron chi connectivity index (χ0n) is 16.9. The number of piperazine rings is 1. The van der Waals surface area contributed by atoms with E-state index in [1.807, 2.05) is 39.0 Å². The smallest absolute Gasteiger partial charge is 0.282 e. The number of benzene rings is 2. The highest BCUT2D eigenvalue weighted by Gasteiger charge is 2.35. The highest BCUT2D eigenvalue weighted by atomic mass is 32.2. The predicted molar refractivity (Wildman–Crippen MR) is 110 cm³/mol. The van der Waals surface area contributed by atoms with E-state index in [2.05, 4.69) is 5.32 Å². The molecule has 1 fully saturated rings. The summed E-state index contributed by atoms with van der Waals surface area (Å²) < 4.78 is 40.7. The molecule has 0 unspecified atom stereocenters. The Hall–Kier alpha value is -2.29. The van der Waals surface area contributed by atoms with Crippen LogP contribution in [0.1, 0.15) is 18.1 Å². The number of anilines is 1. The number of amides is 1. The van der Waals surface area contributed by atoms with Crippen molar-refractivity contribution in [1.29, 1.82) is 0 Å². The number of halogens is 1. The van der Waals surface area contributed by atoms with Gasteiger partial charge in [0.25, 0.3) is 5.91 Å². The van der Waals surface area contributed by atoms with Crippen LogP contribution in [-0.2, 0) is 14.8 Å². The lowest BCUT2D eigenvalue weighted by molar-refractivity contribution is -0.917. The molecule has 0 aromatic heterocycles. The largest absolute Gasteiger partial charge is 0.323 e. The molecule has 3 rings (SSSR count). The van der Waals surface area contributed by atoms with Gasteiger partial charge in [-0.3, -0.25) is 4.79 Å². The van der Waals surface area contributed by atoms with E-state index in [4.69, 9.17) is 0 Å². The Labute approximate surface area is 171 Å². The number of rotatable bonds is 5. The molecule has 0 saturated carbocycles. The molecule has 2 aromatic carbocycles. The number of nitrogens with zero attached hydrogens (tertiary/aromatic N) is 1. The van der Waals surface area contributed by atoms with Crippen LogP contribution in [0.2, 0.25) is 0 Å². The number of sulfonamides is 1. The van der Waals surface area contributed by atoms with Crippen LogP contribution in [0.25, 0.3) is 0 Å². The fourth-order valence-electron chi connectivity index (χ4n) is 3.54. The Kier molecular flexibility index (Phi) is 6.36. The first-order chi connectivity index (χ1) is 13.7. The summed E-state index contributed by atoms with van der Waals surface area (Å²) in [7, 11) is -3.88. The number of hydrogen-bond donors (Lipinski definition) is 2. The molecule has 0 bridgehead atoms. The molecule has 2 N–H and O–H groups in total. The van der Waals surface area contributed by atoms with E-state index < -0.39 is 15.8 Å². The van der Waals surface area contributed by atoms with Crippen LogP contribution in [0.4, 0.5) is 10.1 Å². The van der Waals surface area contributed by atoms with Gasteiger partial charge >= 0.3 is 0 Å². The lowest BCUT2D eigenvalue weighted by Crippen LogP contribution is -3.19. The van der Waals surface area contributed by atoms with Crippen LogP contribution < -0.4 is 10.2 Å². The lowest BCUT2D eigenvalue weighted by Gasteiger charge is -2.34. The molecule has 6 nitrogen and oxygen atoms in total. The van der Waals surface area contributed by atoms with Crippen molar-refractivity contribution in [2.45, 2.75) is 31.7 Å². The molecule has 29 heavy (non-hydrogen) atoms. The maximum atomic E-state index is 14.0. The minimum atomic E-state index is -3.88. The highest BCUT2D eigenvalue weighted by Crippen LogP contribution is 2.19. The van der Waals surface area contributed by atoms with Crippen LogP contribution in [0, 0.1) is 19.7 Å². The second-order valence-electron chi connectivity index (χ2n) is 7.52. The lowest BCUT2D eigenvalue weighted by atomic mass is 10.1. The van der Waals surface area contributed by atoms with Crippen molar-refractivity contribution in [2.24, 2.45) is 0 Å². The Balaban J connectivity index is 1.63. The molecule has 0 spiro atoms. The molecule has 156 valence electrons. The van der Waals surface area contributed by atoms with Gasteiger partial charge in [-0.25, -0.2) is 12.8 Å². The van der Waals surface area contributed by atoms with Gasteiger partial charge in [0.2, 0.25) is 10.0 Å². The molecule has 1 atom stereocenters. The Bertz CT molecular complexity index is 1000. The van der Waals surface area contributed by atoms with E-state index in [0.29, 0.717) is 13.1 Å². The van der Waals surface area contributed by atoms with E-state index >= 15 is 0 Å². The van der Waals surface area contributed by atoms with E-state index in [1.54, 1.807) is 0 Å². The minimum absolute atomic E-state index is 0.0980. The summed E-state index contributed by atoms with van der Waals surface area (Å²) in [6, 6.07) is 11.0. The average Bonchev–Trinajstić information content (AvgIpc) is 2.70. The maximum Gasteiger partial charge on any atom is 0.282 e. The Morgan fingerprint density at radius 3 is 2.45 bits per heavy atom. The summed E-state index contributed by atoms with van der Waals surface area (Å²) in [5.41, 5.74) is 2.85. The van der Waals surface area contributed by atoms with E-state index in [9.17, 15) is 17.6 Å². The zero-order valence-corrected chi connectivity index (χ0v) is 17.7. The number of nitrogens with one attached hydrogen (secondary N) is 2. The summed E-state index contributed by atoms with van der Waals surface area (Å²) >= 11 is 0. The van der Waals surface area contributed by atoms with Crippen molar-refractivity contribution < 1.29 is 22.5 Å². The Morgan fingerprint density at radius 2 is 1.79 bits per heavy atom. The van der Waals surface area contributed by atoms with Gasteiger partial charge in [0.15, 0.2) is 6.04 Å². The Morgan fingerprint density at radius 1 is 1.14 bits per heavy atom. The molecule has 2 aromatic rings. The predicted octanol–water partition coefficient (Wildman–Crippen LogP) is 1.36. The van der Waals surface area contributed by atoms with Crippen molar-refractivity contribution in [3.63, 3.8) is 0 Å². The zero-order chi connectivity index (χ0) is 21.2. The van der Waals surface area contributed by atoms with Crippen molar-refractivity contribution in [3.8, 4) is 0 Å². The third-order valence-corrected chi connectivity index (χ3v) is 7.41. The van der Waals surface area contributed by atoms with Crippen molar-refractivity contribution in [2.75, 3.05) is 31.5 Å². The van der Waals surface area contributed by atoms with Crippen LogP contribution in [0.3, 0.4) is 0 Å². The first kappa shape index (κ1) is 21.4. The molecular weight excluding hydrogens is 393 g/mol. The van der Waals surface area contributed by atoms with Gasteiger partial charge in [-0.15, -0.1) is 0 Å². The average molecular weight is 421 g/mol. The molecule has 1 heterocycles. The number of quaternary nitrogens is 1. The van der Waals surface area contributed by atoms with Gasteiger partial charge < -0.3 is 10.2 Å². The molecule has 1 aliphatic rings. The SMILES string of the molecule is Cc1ccc(C)c(NC(=O)[C@@H](C)[NH+]2CCN(S(=O)(=O)c3ccccc3F)CC2)c1. The van der Waals surface area contributed by atoms with Gasteiger partial charge in [0, 0.05) is 5.69 Å². The standard InChI is InChI=1S/C21H26FN3O3S/c1-15-8-9-16(2)19(14-15)23-21(26)17(3)24-10-12-25(13-11-24)29(27,28)20-7-5-4-6-18(20)22/h4-9,14,17H,10-13H2,1-3H3,(H,23,26)/p+1/t17-/m1/s1. The fourth-order valence-corrected chi connectivity index (χ4v) is 5.04. The topological polar surface area (TPSA) is 70.9 Å². The summed E-state index contributed by atoms with van der Waals surface area (Å²) in [6.45, 7) is 7.21. The second kappa shape index (κ2) is 8.61. The van der Waals surface area contributed by atoms with Crippen molar-refractivity contribution in [3.05, 3.63) is 59.4 Å². The summed E-state index contributed by atoms with van der Waals surface area (Å²) in [6.07, 6.45) is 0.